The molecule has 2 aromatic rings. The van der Waals surface area contributed by atoms with Crippen molar-refractivity contribution in [1.29, 1.82) is 0 Å². The van der Waals surface area contributed by atoms with Gasteiger partial charge in [0.1, 0.15) is 0 Å². The summed E-state index contributed by atoms with van der Waals surface area (Å²) in [6, 6.07) is 12.1. The van der Waals surface area contributed by atoms with Crippen molar-refractivity contribution in [3.8, 4) is 0 Å². The molecule has 0 radical (unpaired) electrons. The molecule has 184 valence electrons. The number of benzene rings is 2. The summed E-state index contributed by atoms with van der Waals surface area (Å²) in [5.41, 5.74) is 1.35. The van der Waals surface area contributed by atoms with Crippen LogP contribution in [0.25, 0.3) is 10.8 Å². The fourth-order valence-corrected chi connectivity index (χ4v) is 10.2. The van der Waals surface area contributed by atoms with Crippen LogP contribution in [0.15, 0.2) is 41.3 Å². The molecular weight excluding hydrogens is 442 g/mol. The van der Waals surface area contributed by atoms with Gasteiger partial charge in [0, 0.05) is 24.5 Å². The van der Waals surface area contributed by atoms with Gasteiger partial charge in [-0.1, -0.05) is 24.3 Å². The van der Waals surface area contributed by atoms with Crippen LogP contribution in [0.1, 0.15) is 51.4 Å². The molecule has 5 nitrogen and oxygen atoms in total. The fraction of sp³-hybridized carbons (Fsp3) is 0.643. The van der Waals surface area contributed by atoms with E-state index in [4.69, 9.17) is 0 Å². The highest BCUT2D eigenvalue weighted by Crippen LogP contribution is 2.61. The monoisotopic (exact) mass is 481 g/mol. The Labute approximate surface area is 204 Å². The van der Waals surface area contributed by atoms with E-state index < -0.39 is 10.0 Å². The minimum atomic E-state index is -3.44. The molecule has 6 heteroatoms. The van der Waals surface area contributed by atoms with E-state index in [1.807, 2.05) is 30.3 Å². The van der Waals surface area contributed by atoms with Crippen molar-refractivity contribution in [3.63, 3.8) is 0 Å². The second-order valence-electron chi connectivity index (χ2n) is 11.8. The normalized spacial score (nSPS) is 31.6. The molecule has 0 amide bonds. The lowest BCUT2D eigenvalue weighted by molar-refractivity contribution is -0.0766. The predicted molar refractivity (Wildman–Crippen MR) is 139 cm³/mol. The third-order valence-electron chi connectivity index (χ3n) is 9.50. The summed E-state index contributed by atoms with van der Waals surface area (Å²) >= 11 is 0. The highest BCUT2D eigenvalue weighted by molar-refractivity contribution is 7.93. The molecule has 4 fully saturated rings. The first kappa shape index (κ1) is 22.8. The van der Waals surface area contributed by atoms with E-state index in [1.165, 1.54) is 38.5 Å². The van der Waals surface area contributed by atoms with Gasteiger partial charge in [-0.3, -0.25) is 4.31 Å². The molecule has 4 saturated carbocycles. The predicted octanol–water partition coefficient (Wildman–Crippen LogP) is 4.86. The van der Waals surface area contributed by atoms with Crippen molar-refractivity contribution in [3.05, 3.63) is 36.4 Å². The number of nitrogens with one attached hydrogen (secondary N) is 1. The number of sulfonamides is 1. The maximum absolute atomic E-state index is 13.2. The van der Waals surface area contributed by atoms with Crippen LogP contribution in [0.4, 0.5) is 5.69 Å². The number of rotatable bonds is 9. The summed E-state index contributed by atoms with van der Waals surface area (Å²) < 4.78 is 28.0. The van der Waals surface area contributed by atoms with E-state index in [9.17, 15) is 8.42 Å². The van der Waals surface area contributed by atoms with Gasteiger partial charge in [0.25, 0.3) is 10.0 Å². The Balaban J connectivity index is 1.05. The van der Waals surface area contributed by atoms with Crippen molar-refractivity contribution in [2.24, 2.45) is 23.2 Å². The van der Waals surface area contributed by atoms with Gasteiger partial charge in [-0.2, -0.15) is 0 Å². The summed E-state index contributed by atoms with van der Waals surface area (Å²) in [5.74, 6) is 2.93. The summed E-state index contributed by atoms with van der Waals surface area (Å²) in [6.07, 6.45) is 10.6. The van der Waals surface area contributed by atoms with E-state index in [-0.39, 0.29) is 0 Å². The zero-order valence-electron chi connectivity index (χ0n) is 20.7. The van der Waals surface area contributed by atoms with Gasteiger partial charge in [-0.05, 0) is 113 Å². The maximum Gasteiger partial charge on any atom is 0.265 e. The molecule has 0 spiro atoms. The maximum atomic E-state index is 13.2. The Morgan fingerprint density at radius 3 is 2.32 bits per heavy atom. The summed E-state index contributed by atoms with van der Waals surface area (Å²) in [5, 5.41) is 5.62. The van der Waals surface area contributed by atoms with E-state index in [0.29, 0.717) is 22.9 Å². The minimum Gasteiger partial charge on any atom is -0.315 e. The number of anilines is 1. The number of hydrogen-bond donors (Lipinski definition) is 1. The van der Waals surface area contributed by atoms with Crippen LogP contribution >= 0.6 is 0 Å². The number of nitrogens with zero attached hydrogens (tertiary/aromatic N) is 2. The molecule has 4 bridgehead atoms. The van der Waals surface area contributed by atoms with Crippen LogP contribution < -0.4 is 9.62 Å². The molecule has 34 heavy (non-hydrogen) atoms. The lowest BCUT2D eigenvalue weighted by Crippen LogP contribution is -2.58. The van der Waals surface area contributed by atoms with Crippen LogP contribution in [-0.4, -0.2) is 53.1 Å². The van der Waals surface area contributed by atoms with E-state index in [1.54, 1.807) is 10.4 Å². The Morgan fingerprint density at radius 1 is 1.03 bits per heavy atom. The first-order valence-electron chi connectivity index (χ1n) is 13.3. The molecule has 0 unspecified atom stereocenters. The van der Waals surface area contributed by atoms with Crippen molar-refractivity contribution < 1.29 is 8.42 Å². The second-order valence-corrected chi connectivity index (χ2v) is 13.6. The van der Waals surface area contributed by atoms with Crippen LogP contribution in [0.2, 0.25) is 0 Å². The highest BCUT2D eigenvalue weighted by atomic mass is 32.2. The Hall–Kier alpha value is -1.63. The van der Waals surface area contributed by atoms with Crippen molar-refractivity contribution >= 4 is 26.5 Å². The fourth-order valence-electron chi connectivity index (χ4n) is 8.43. The quantitative estimate of drug-likeness (QED) is 0.520. The lowest BCUT2D eigenvalue weighted by atomic mass is 9.47. The van der Waals surface area contributed by atoms with Gasteiger partial charge < -0.3 is 10.2 Å². The van der Waals surface area contributed by atoms with Crippen molar-refractivity contribution in [2.45, 2.75) is 62.3 Å². The van der Waals surface area contributed by atoms with Gasteiger partial charge in [-0.15, -0.1) is 0 Å². The Kier molecular flexibility index (Phi) is 5.70. The molecule has 1 heterocycles. The van der Waals surface area contributed by atoms with Gasteiger partial charge in [0.15, 0.2) is 0 Å². The van der Waals surface area contributed by atoms with E-state index >= 15 is 0 Å². The number of hydrogen-bond acceptors (Lipinski definition) is 4. The van der Waals surface area contributed by atoms with Crippen molar-refractivity contribution in [1.82, 2.24) is 10.2 Å². The molecular formula is C28H39N3O2S. The van der Waals surface area contributed by atoms with Gasteiger partial charge in [-0.25, -0.2) is 8.42 Å². The van der Waals surface area contributed by atoms with Crippen LogP contribution in [0.5, 0.6) is 0 Å². The highest BCUT2D eigenvalue weighted by Gasteiger charge is 2.53. The van der Waals surface area contributed by atoms with Gasteiger partial charge in [0.2, 0.25) is 0 Å². The largest absolute Gasteiger partial charge is 0.315 e. The third kappa shape index (κ3) is 3.68. The molecule has 0 saturated heterocycles. The first-order valence-corrected chi connectivity index (χ1v) is 14.7. The van der Waals surface area contributed by atoms with Crippen LogP contribution in [0, 0.1) is 23.2 Å². The molecule has 7 rings (SSSR count). The minimum absolute atomic E-state index is 0.463. The second kappa shape index (κ2) is 8.49. The smallest absolute Gasteiger partial charge is 0.265 e. The van der Waals surface area contributed by atoms with Gasteiger partial charge in [0.05, 0.1) is 10.6 Å². The molecule has 1 N–H and O–H groups in total. The summed E-state index contributed by atoms with van der Waals surface area (Å²) in [4.78, 5) is 2.94. The Bertz CT molecular complexity index is 1140. The SMILES string of the molecule is CN[C@@H](CN(C)CCCCN1c2cccc3cccc(c23)S1(=O)=O)C12CC3CC(CC(C3)C1)C2. The Morgan fingerprint density at radius 2 is 1.68 bits per heavy atom. The average molecular weight is 482 g/mol. The van der Waals surface area contributed by atoms with Crippen LogP contribution in [-0.2, 0) is 10.0 Å². The zero-order valence-corrected chi connectivity index (χ0v) is 21.5. The number of unbranched alkanes of at least 4 members (excludes halogenated alkanes) is 1. The standard InChI is InChI=1S/C28H39N3O2S/c1-29-26(28-16-20-13-21(17-28)15-22(14-20)18-28)19-30(2)11-3-4-12-31-24-9-5-7-23-8-6-10-25(27(23)24)34(31,32)33/h5-10,20-22,26,29H,3-4,11-19H2,1-2H3/t20?,21?,22?,26-,28?/m0/s1. The van der Waals surface area contributed by atoms with Crippen LogP contribution in [0.3, 0.4) is 0 Å². The molecule has 1 aliphatic heterocycles. The van der Waals surface area contributed by atoms with Gasteiger partial charge >= 0.3 is 0 Å². The van der Waals surface area contributed by atoms with Crippen molar-refractivity contribution in [2.75, 3.05) is 38.0 Å². The zero-order chi connectivity index (χ0) is 23.5. The third-order valence-corrected chi connectivity index (χ3v) is 11.4. The molecule has 0 aromatic heterocycles. The molecule has 4 aliphatic carbocycles. The summed E-state index contributed by atoms with van der Waals surface area (Å²) in [7, 11) is 0.966. The summed E-state index contributed by atoms with van der Waals surface area (Å²) in [6.45, 7) is 2.65. The lowest BCUT2D eigenvalue weighted by Gasteiger charge is -2.59. The molecule has 5 aliphatic rings. The first-order chi connectivity index (χ1) is 16.4. The molecule has 2 aromatic carbocycles. The molecule has 1 atom stereocenters. The number of likely N-dealkylation sites (N-methyl/N-ethyl adjacent to an activating group) is 2. The van der Waals surface area contributed by atoms with E-state index in [2.05, 4.69) is 24.3 Å². The topological polar surface area (TPSA) is 52.6 Å². The average Bonchev–Trinajstić information content (AvgIpc) is 3.02. The van der Waals surface area contributed by atoms with E-state index in [0.717, 1.165) is 60.1 Å².